The van der Waals surface area contributed by atoms with Gasteiger partial charge in [0, 0.05) is 18.1 Å². The number of carbonyl (C=O) groups is 1. The molecule has 0 aliphatic carbocycles. The van der Waals surface area contributed by atoms with Gasteiger partial charge in [-0.05, 0) is 31.2 Å². The Morgan fingerprint density at radius 2 is 2.08 bits per heavy atom. The third-order valence-corrected chi connectivity index (χ3v) is 3.71. The molecule has 0 spiro atoms. The Bertz CT molecular complexity index is 966. The van der Waals surface area contributed by atoms with Gasteiger partial charge in [0.15, 0.2) is 5.82 Å². The third-order valence-electron chi connectivity index (χ3n) is 3.40. The van der Waals surface area contributed by atoms with Gasteiger partial charge in [0.2, 0.25) is 0 Å². The summed E-state index contributed by atoms with van der Waals surface area (Å²) in [5.74, 6) is 0.831. The van der Waals surface area contributed by atoms with Crippen molar-refractivity contribution in [3.8, 4) is 12.0 Å². The molecule has 0 unspecified atom stereocenters. The van der Waals surface area contributed by atoms with Gasteiger partial charge in [-0.2, -0.15) is 15.0 Å². The lowest BCUT2D eigenvalue weighted by Crippen LogP contribution is -2.32. The van der Waals surface area contributed by atoms with Crippen LogP contribution in [0, 0.1) is 11.3 Å². The van der Waals surface area contributed by atoms with Gasteiger partial charge in [-0.25, -0.2) is 19.7 Å². The molecule has 130 valence electrons. The molecular formula is C16H13ClN8O. The van der Waals surface area contributed by atoms with E-state index in [9.17, 15) is 4.79 Å². The molecule has 0 bridgehead atoms. The Hall–Kier alpha value is -3.51. The highest BCUT2D eigenvalue weighted by Gasteiger charge is 2.18. The van der Waals surface area contributed by atoms with Gasteiger partial charge in [0.05, 0.1) is 16.6 Å². The van der Waals surface area contributed by atoms with E-state index in [0.717, 1.165) is 0 Å². The van der Waals surface area contributed by atoms with E-state index in [0.29, 0.717) is 23.0 Å². The van der Waals surface area contributed by atoms with Crippen LogP contribution in [0.1, 0.15) is 24.4 Å². The molecule has 0 radical (unpaired) electrons. The summed E-state index contributed by atoms with van der Waals surface area (Å²) < 4.78 is 1.45. The van der Waals surface area contributed by atoms with Crippen molar-refractivity contribution in [1.29, 1.82) is 5.26 Å². The second-order valence-electron chi connectivity index (χ2n) is 5.21. The minimum Gasteiger partial charge on any atom is -0.328 e. The molecule has 0 fully saturated rings. The quantitative estimate of drug-likeness (QED) is 0.729. The van der Waals surface area contributed by atoms with Crippen LogP contribution in [0.25, 0.3) is 5.95 Å². The maximum Gasteiger partial charge on any atom is 0.319 e. The van der Waals surface area contributed by atoms with E-state index in [1.807, 2.05) is 6.07 Å². The number of nitrogens with one attached hydrogen (secondary N) is 2. The molecule has 10 heteroatoms. The minimum absolute atomic E-state index is 0.263. The molecule has 3 aromatic rings. The number of aromatic nitrogens is 5. The van der Waals surface area contributed by atoms with Crippen LogP contribution in [-0.2, 0) is 0 Å². The number of hydrogen-bond donors (Lipinski definition) is 2. The van der Waals surface area contributed by atoms with Gasteiger partial charge in [-0.15, -0.1) is 0 Å². The lowest BCUT2D eigenvalue weighted by molar-refractivity contribution is 0.248. The molecule has 2 amide bonds. The standard InChI is InChI=1S/C16H13ClN8O/c1-10(14-21-9-22-25(14)15-19-5-2-6-20-15)23-16(26)24-12-4-3-11(8-18)13(17)7-12/h2-7,9-10H,1H3,(H2,23,24,26)/t10-/m0/s1. The molecule has 2 N–H and O–H groups in total. The summed E-state index contributed by atoms with van der Waals surface area (Å²) in [6.45, 7) is 1.76. The van der Waals surface area contributed by atoms with Crippen molar-refractivity contribution in [3.05, 3.63) is 59.4 Å². The van der Waals surface area contributed by atoms with E-state index < -0.39 is 12.1 Å². The number of carbonyl (C=O) groups excluding carboxylic acids is 1. The Morgan fingerprint density at radius 1 is 1.31 bits per heavy atom. The van der Waals surface area contributed by atoms with Gasteiger partial charge in [0.1, 0.15) is 12.4 Å². The summed E-state index contributed by atoms with van der Waals surface area (Å²) in [5.41, 5.74) is 0.800. The average Bonchev–Trinajstić information content (AvgIpc) is 3.12. The summed E-state index contributed by atoms with van der Waals surface area (Å²) in [5, 5.41) is 18.6. The summed E-state index contributed by atoms with van der Waals surface area (Å²) in [7, 11) is 0. The largest absolute Gasteiger partial charge is 0.328 e. The Labute approximate surface area is 153 Å². The highest BCUT2D eigenvalue weighted by atomic mass is 35.5. The number of urea groups is 1. The van der Waals surface area contributed by atoms with Crippen molar-refractivity contribution < 1.29 is 4.79 Å². The summed E-state index contributed by atoms with van der Waals surface area (Å²) in [4.78, 5) is 24.6. The van der Waals surface area contributed by atoms with Gasteiger partial charge < -0.3 is 10.6 Å². The van der Waals surface area contributed by atoms with Crippen molar-refractivity contribution >= 4 is 23.3 Å². The van der Waals surface area contributed by atoms with E-state index in [1.54, 1.807) is 31.5 Å². The van der Waals surface area contributed by atoms with Crippen molar-refractivity contribution in [3.63, 3.8) is 0 Å². The zero-order valence-corrected chi connectivity index (χ0v) is 14.3. The molecule has 2 heterocycles. The van der Waals surface area contributed by atoms with Crippen molar-refractivity contribution in [2.24, 2.45) is 0 Å². The number of nitriles is 1. The van der Waals surface area contributed by atoms with Crippen molar-refractivity contribution in [1.82, 2.24) is 30.0 Å². The van der Waals surface area contributed by atoms with E-state index in [4.69, 9.17) is 16.9 Å². The normalized spacial score (nSPS) is 11.4. The lowest BCUT2D eigenvalue weighted by Gasteiger charge is -2.14. The predicted octanol–water partition coefficient (Wildman–Crippen LogP) is 2.47. The van der Waals surface area contributed by atoms with Gasteiger partial charge >= 0.3 is 6.03 Å². The highest BCUT2D eigenvalue weighted by molar-refractivity contribution is 6.32. The molecule has 9 nitrogen and oxygen atoms in total. The molecule has 0 aliphatic rings. The molecule has 0 saturated heterocycles. The molecule has 3 rings (SSSR count). The SMILES string of the molecule is C[C@H](NC(=O)Nc1ccc(C#N)c(Cl)c1)c1ncnn1-c1ncccn1. The molecular weight excluding hydrogens is 356 g/mol. The van der Waals surface area contributed by atoms with Crippen LogP contribution in [0.5, 0.6) is 0 Å². The Morgan fingerprint density at radius 3 is 2.77 bits per heavy atom. The number of hydrogen-bond acceptors (Lipinski definition) is 6. The topological polar surface area (TPSA) is 121 Å². The zero-order valence-electron chi connectivity index (χ0n) is 13.6. The van der Waals surface area contributed by atoms with Gasteiger partial charge in [0.25, 0.3) is 5.95 Å². The van der Waals surface area contributed by atoms with Crippen LogP contribution in [0.2, 0.25) is 5.02 Å². The summed E-state index contributed by atoms with van der Waals surface area (Å²) in [6.07, 6.45) is 4.54. The number of rotatable bonds is 4. The monoisotopic (exact) mass is 368 g/mol. The number of nitrogens with zero attached hydrogens (tertiary/aromatic N) is 6. The number of halogens is 1. The number of amides is 2. The first-order valence-corrected chi connectivity index (χ1v) is 7.90. The van der Waals surface area contributed by atoms with Crippen molar-refractivity contribution in [2.75, 3.05) is 5.32 Å². The minimum atomic E-state index is -0.463. The highest BCUT2D eigenvalue weighted by Crippen LogP contribution is 2.20. The third kappa shape index (κ3) is 3.76. The first kappa shape index (κ1) is 17.3. The summed E-state index contributed by atoms with van der Waals surface area (Å²) in [6, 6.07) is 7.36. The van der Waals surface area contributed by atoms with Crippen LogP contribution in [0.3, 0.4) is 0 Å². The van der Waals surface area contributed by atoms with E-state index in [1.165, 1.54) is 23.1 Å². The number of anilines is 1. The smallest absolute Gasteiger partial charge is 0.319 e. The van der Waals surface area contributed by atoms with Gasteiger partial charge in [-0.3, -0.25) is 0 Å². The van der Waals surface area contributed by atoms with Crippen LogP contribution in [0.15, 0.2) is 43.0 Å². The Kier molecular flexibility index (Phi) is 5.05. The molecule has 1 aromatic carbocycles. The second-order valence-corrected chi connectivity index (χ2v) is 5.61. The first-order chi connectivity index (χ1) is 12.6. The van der Waals surface area contributed by atoms with Crippen LogP contribution in [-0.4, -0.2) is 30.8 Å². The fourth-order valence-electron chi connectivity index (χ4n) is 2.21. The molecule has 0 saturated carbocycles. The number of benzene rings is 1. The van der Waals surface area contributed by atoms with Crippen LogP contribution < -0.4 is 10.6 Å². The zero-order chi connectivity index (χ0) is 18.5. The van der Waals surface area contributed by atoms with E-state index in [2.05, 4.69) is 30.7 Å². The second kappa shape index (κ2) is 7.58. The van der Waals surface area contributed by atoms with E-state index >= 15 is 0 Å². The molecule has 1 atom stereocenters. The Balaban J connectivity index is 1.70. The summed E-state index contributed by atoms with van der Waals surface area (Å²) >= 11 is 5.96. The fraction of sp³-hybridized carbons (Fsp3) is 0.125. The first-order valence-electron chi connectivity index (χ1n) is 7.53. The molecule has 2 aromatic heterocycles. The van der Waals surface area contributed by atoms with Gasteiger partial charge in [-0.1, -0.05) is 11.6 Å². The van der Waals surface area contributed by atoms with Crippen LogP contribution >= 0.6 is 11.6 Å². The van der Waals surface area contributed by atoms with Crippen LogP contribution in [0.4, 0.5) is 10.5 Å². The lowest BCUT2D eigenvalue weighted by atomic mass is 10.2. The molecule has 26 heavy (non-hydrogen) atoms. The molecule has 0 aliphatic heterocycles. The van der Waals surface area contributed by atoms with Crippen molar-refractivity contribution in [2.45, 2.75) is 13.0 Å². The predicted molar refractivity (Wildman–Crippen MR) is 93.7 cm³/mol. The maximum atomic E-state index is 12.2. The average molecular weight is 369 g/mol. The van der Waals surface area contributed by atoms with E-state index in [-0.39, 0.29) is 5.02 Å². The maximum absolute atomic E-state index is 12.2. The fourth-order valence-corrected chi connectivity index (χ4v) is 2.44.